The Labute approximate surface area is 159 Å². The topological polar surface area (TPSA) is 103 Å². The fourth-order valence-corrected chi connectivity index (χ4v) is 5.04. The van der Waals surface area contributed by atoms with Crippen LogP contribution in [0.5, 0.6) is 0 Å². The minimum atomic E-state index is -3.70. The van der Waals surface area contributed by atoms with E-state index >= 15 is 0 Å². The van der Waals surface area contributed by atoms with Crippen molar-refractivity contribution in [3.63, 3.8) is 0 Å². The van der Waals surface area contributed by atoms with Crippen LogP contribution in [-0.4, -0.2) is 52.4 Å². The standard InChI is InChI=1S/C17H27N5O4S/c1-6-15-18-19-17(26-15)14-10-21(7-8-25-14)27(23,24)16-12(4)20-22(13(16)5)9-11(2)3/h11,14H,6-10H2,1-5H3/t14-/m1/s1. The lowest BCUT2D eigenvalue weighted by molar-refractivity contribution is -0.0178. The summed E-state index contributed by atoms with van der Waals surface area (Å²) in [5.74, 6) is 1.20. The van der Waals surface area contributed by atoms with Gasteiger partial charge in [-0.05, 0) is 19.8 Å². The largest absolute Gasteiger partial charge is 0.422 e. The van der Waals surface area contributed by atoms with Gasteiger partial charge in [0.25, 0.3) is 0 Å². The van der Waals surface area contributed by atoms with Gasteiger partial charge in [0.15, 0.2) is 0 Å². The van der Waals surface area contributed by atoms with Crippen molar-refractivity contribution in [2.75, 3.05) is 19.7 Å². The second-order valence-electron chi connectivity index (χ2n) is 7.19. The van der Waals surface area contributed by atoms with Gasteiger partial charge in [-0.3, -0.25) is 4.68 Å². The molecule has 0 aliphatic carbocycles. The zero-order valence-electron chi connectivity index (χ0n) is 16.5. The van der Waals surface area contributed by atoms with Crippen molar-refractivity contribution >= 4 is 10.0 Å². The number of rotatable bonds is 6. The van der Waals surface area contributed by atoms with Crippen molar-refractivity contribution in [3.05, 3.63) is 23.2 Å². The van der Waals surface area contributed by atoms with Gasteiger partial charge in [-0.1, -0.05) is 20.8 Å². The molecule has 9 nitrogen and oxygen atoms in total. The van der Waals surface area contributed by atoms with E-state index in [0.29, 0.717) is 42.1 Å². The molecule has 2 aromatic rings. The summed E-state index contributed by atoms with van der Waals surface area (Å²) in [5.41, 5.74) is 1.18. The first-order valence-corrected chi connectivity index (χ1v) is 10.7. The lowest BCUT2D eigenvalue weighted by atomic mass is 10.2. The summed E-state index contributed by atoms with van der Waals surface area (Å²) in [4.78, 5) is 0.281. The van der Waals surface area contributed by atoms with Crippen LogP contribution >= 0.6 is 0 Å². The average Bonchev–Trinajstić information content (AvgIpc) is 3.19. The van der Waals surface area contributed by atoms with E-state index in [9.17, 15) is 8.42 Å². The molecule has 0 radical (unpaired) electrons. The van der Waals surface area contributed by atoms with Gasteiger partial charge in [-0.15, -0.1) is 10.2 Å². The van der Waals surface area contributed by atoms with E-state index in [0.717, 1.165) is 0 Å². The van der Waals surface area contributed by atoms with E-state index in [-0.39, 0.29) is 24.6 Å². The van der Waals surface area contributed by atoms with E-state index in [4.69, 9.17) is 9.15 Å². The molecule has 10 heteroatoms. The summed E-state index contributed by atoms with van der Waals surface area (Å²) in [6, 6.07) is 0. The van der Waals surface area contributed by atoms with Gasteiger partial charge in [0.1, 0.15) is 11.0 Å². The third-order valence-corrected chi connectivity index (χ3v) is 6.66. The third kappa shape index (κ3) is 3.92. The Balaban J connectivity index is 1.87. The molecule has 1 saturated heterocycles. The average molecular weight is 398 g/mol. The van der Waals surface area contributed by atoms with Crippen molar-refractivity contribution in [1.29, 1.82) is 0 Å². The van der Waals surface area contributed by atoms with Crippen LogP contribution < -0.4 is 0 Å². The number of morpholine rings is 1. The van der Waals surface area contributed by atoms with Crippen LogP contribution in [0, 0.1) is 19.8 Å². The number of ether oxygens (including phenoxy) is 1. The number of aryl methyl sites for hydroxylation is 2. The first kappa shape index (κ1) is 20.0. The highest BCUT2D eigenvalue weighted by Gasteiger charge is 2.37. The molecule has 2 aromatic heterocycles. The number of hydrogen-bond acceptors (Lipinski definition) is 7. The van der Waals surface area contributed by atoms with Crippen molar-refractivity contribution in [2.24, 2.45) is 5.92 Å². The van der Waals surface area contributed by atoms with E-state index in [1.165, 1.54) is 4.31 Å². The van der Waals surface area contributed by atoms with Crippen molar-refractivity contribution in [2.45, 2.75) is 58.6 Å². The Morgan fingerprint density at radius 2 is 2.00 bits per heavy atom. The maximum atomic E-state index is 13.3. The lowest BCUT2D eigenvalue weighted by Crippen LogP contribution is -2.42. The van der Waals surface area contributed by atoms with Gasteiger partial charge in [-0.25, -0.2) is 8.42 Å². The Kier molecular flexibility index (Phi) is 5.68. The molecule has 0 aromatic carbocycles. The number of hydrogen-bond donors (Lipinski definition) is 0. The molecule has 1 atom stereocenters. The van der Waals surface area contributed by atoms with Gasteiger partial charge in [0.2, 0.25) is 21.8 Å². The summed E-state index contributed by atoms with van der Waals surface area (Å²) in [7, 11) is -3.70. The molecule has 0 amide bonds. The van der Waals surface area contributed by atoms with Crippen LogP contribution in [-0.2, 0) is 27.7 Å². The monoisotopic (exact) mass is 397 g/mol. The SMILES string of the molecule is CCc1nnc([C@H]2CN(S(=O)(=O)c3c(C)nn(CC(C)C)c3C)CCO2)o1. The quantitative estimate of drug-likeness (QED) is 0.733. The molecular formula is C17H27N5O4S. The van der Waals surface area contributed by atoms with Gasteiger partial charge in [0.05, 0.1) is 18.0 Å². The lowest BCUT2D eigenvalue weighted by Gasteiger charge is -2.30. The predicted molar refractivity (Wildman–Crippen MR) is 97.7 cm³/mol. The van der Waals surface area contributed by atoms with E-state index in [1.807, 2.05) is 6.92 Å². The van der Waals surface area contributed by atoms with Crippen LogP contribution in [0.4, 0.5) is 0 Å². The summed E-state index contributed by atoms with van der Waals surface area (Å²) < 4.78 is 41.1. The zero-order valence-corrected chi connectivity index (χ0v) is 17.3. The maximum absolute atomic E-state index is 13.3. The first-order valence-electron chi connectivity index (χ1n) is 9.22. The molecule has 150 valence electrons. The van der Waals surface area contributed by atoms with Gasteiger partial charge in [0, 0.05) is 26.1 Å². The van der Waals surface area contributed by atoms with Crippen molar-refractivity contribution in [3.8, 4) is 0 Å². The molecule has 3 rings (SSSR count). The Morgan fingerprint density at radius 1 is 1.26 bits per heavy atom. The van der Waals surface area contributed by atoms with Crippen LogP contribution in [0.3, 0.4) is 0 Å². The second-order valence-corrected chi connectivity index (χ2v) is 9.06. The number of nitrogens with zero attached hydrogens (tertiary/aromatic N) is 5. The minimum absolute atomic E-state index is 0.141. The smallest absolute Gasteiger partial charge is 0.246 e. The van der Waals surface area contributed by atoms with Crippen molar-refractivity contribution in [1.82, 2.24) is 24.3 Å². The molecule has 1 fully saturated rings. The number of aromatic nitrogens is 4. The Hall–Kier alpha value is -1.78. The molecule has 3 heterocycles. The van der Waals surface area contributed by atoms with Gasteiger partial charge >= 0.3 is 0 Å². The fraction of sp³-hybridized carbons (Fsp3) is 0.706. The Bertz CT molecular complexity index is 903. The fourth-order valence-electron chi connectivity index (χ4n) is 3.24. The van der Waals surface area contributed by atoms with E-state index < -0.39 is 16.1 Å². The highest BCUT2D eigenvalue weighted by atomic mass is 32.2. The van der Waals surface area contributed by atoms with Gasteiger partial charge < -0.3 is 9.15 Å². The molecule has 0 unspecified atom stereocenters. The number of sulfonamides is 1. The molecule has 1 aliphatic heterocycles. The highest BCUT2D eigenvalue weighted by molar-refractivity contribution is 7.89. The third-order valence-electron chi connectivity index (χ3n) is 4.54. The molecule has 0 bridgehead atoms. The second kappa shape index (κ2) is 7.69. The van der Waals surface area contributed by atoms with Crippen LogP contribution in [0.25, 0.3) is 0 Å². The first-order chi connectivity index (χ1) is 12.7. The Morgan fingerprint density at radius 3 is 2.63 bits per heavy atom. The van der Waals surface area contributed by atoms with Crippen LogP contribution in [0.15, 0.2) is 9.31 Å². The van der Waals surface area contributed by atoms with Crippen molar-refractivity contribution < 1.29 is 17.6 Å². The summed E-state index contributed by atoms with van der Waals surface area (Å²) in [6.45, 7) is 11.0. The van der Waals surface area contributed by atoms with Gasteiger partial charge in [-0.2, -0.15) is 9.40 Å². The molecular weight excluding hydrogens is 370 g/mol. The summed E-state index contributed by atoms with van der Waals surface area (Å²) in [6.07, 6.45) is 0.0578. The zero-order chi connectivity index (χ0) is 19.8. The summed E-state index contributed by atoms with van der Waals surface area (Å²) in [5, 5.41) is 12.4. The van der Waals surface area contributed by atoms with E-state index in [1.54, 1.807) is 18.5 Å². The predicted octanol–water partition coefficient (Wildman–Crippen LogP) is 1.86. The normalized spacial score (nSPS) is 19.1. The molecule has 0 spiro atoms. The minimum Gasteiger partial charge on any atom is -0.422 e. The maximum Gasteiger partial charge on any atom is 0.246 e. The van der Waals surface area contributed by atoms with Crippen LogP contribution in [0.1, 0.15) is 50.0 Å². The molecule has 27 heavy (non-hydrogen) atoms. The molecule has 0 saturated carbocycles. The molecule has 0 N–H and O–H groups in total. The van der Waals surface area contributed by atoms with E-state index in [2.05, 4.69) is 29.1 Å². The highest BCUT2D eigenvalue weighted by Crippen LogP contribution is 2.29. The summed E-state index contributed by atoms with van der Waals surface area (Å²) >= 11 is 0. The van der Waals surface area contributed by atoms with Crippen LogP contribution in [0.2, 0.25) is 0 Å². The molecule has 1 aliphatic rings.